The number of aryl methyl sites for hydroxylation is 2. The van der Waals surface area contributed by atoms with Gasteiger partial charge in [0.2, 0.25) is 0 Å². The molecule has 0 saturated heterocycles. The Labute approximate surface area is 121 Å². The van der Waals surface area contributed by atoms with Crippen LogP contribution in [-0.4, -0.2) is 18.2 Å². The van der Waals surface area contributed by atoms with Gasteiger partial charge in [0.25, 0.3) is 0 Å². The molecule has 2 rings (SSSR count). The van der Waals surface area contributed by atoms with Gasteiger partial charge in [-0.3, -0.25) is 5.32 Å². The van der Waals surface area contributed by atoms with Crippen LogP contribution < -0.4 is 10.1 Å². The minimum absolute atomic E-state index is 0.129. The molecule has 1 aliphatic carbocycles. The van der Waals surface area contributed by atoms with Crippen LogP contribution in [0.3, 0.4) is 0 Å². The van der Waals surface area contributed by atoms with Crippen LogP contribution in [0.2, 0.25) is 0 Å². The Hall–Kier alpha value is -1.53. The number of rotatable bonds is 4. The summed E-state index contributed by atoms with van der Waals surface area (Å²) in [6.45, 7) is 7.04. The summed E-state index contributed by atoms with van der Waals surface area (Å²) in [5.41, 5.74) is 2.01. The maximum absolute atomic E-state index is 9.48. The molecule has 1 saturated carbocycles. The van der Waals surface area contributed by atoms with Crippen LogP contribution in [0, 0.1) is 25.2 Å². The molecule has 1 N–H and O–H groups in total. The van der Waals surface area contributed by atoms with Gasteiger partial charge in [0, 0.05) is 6.42 Å². The zero-order chi connectivity index (χ0) is 14.6. The Morgan fingerprint density at radius 3 is 2.90 bits per heavy atom. The van der Waals surface area contributed by atoms with Crippen molar-refractivity contribution in [3.63, 3.8) is 0 Å². The number of hydrogen-bond donors (Lipinski definition) is 1. The minimum Gasteiger partial charge on any atom is -0.490 e. The quantitative estimate of drug-likeness (QED) is 0.912. The summed E-state index contributed by atoms with van der Waals surface area (Å²) in [6, 6.07) is 8.72. The molecule has 2 atom stereocenters. The monoisotopic (exact) mass is 272 g/mol. The first-order valence-electron chi connectivity index (χ1n) is 7.49. The lowest BCUT2D eigenvalue weighted by molar-refractivity contribution is 0.112. The highest BCUT2D eigenvalue weighted by atomic mass is 16.5. The van der Waals surface area contributed by atoms with Crippen LogP contribution >= 0.6 is 0 Å². The summed E-state index contributed by atoms with van der Waals surface area (Å²) < 4.78 is 6.15. The van der Waals surface area contributed by atoms with Crippen LogP contribution in [0.1, 0.15) is 43.7 Å². The zero-order valence-electron chi connectivity index (χ0n) is 12.7. The highest BCUT2D eigenvalue weighted by Crippen LogP contribution is 2.31. The van der Waals surface area contributed by atoms with Crippen molar-refractivity contribution in [2.24, 2.45) is 0 Å². The van der Waals surface area contributed by atoms with E-state index in [1.54, 1.807) is 0 Å². The van der Waals surface area contributed by atoms with E-state index >= 15 is 0 Å². The number of ether oxygens (including phenoxy) is 1. The lowest BCUT2D eigenvalue weighted by Crippen LogP contribution is -2.49. The SMILES string of the molecule is CCNC1(C#N)CCCC(Oc2ccc(C)cc2C)C1. The van der Waals surface area contributed by atoms with E-state index in [1.165, 1.54) is 11.1 Å². The van der Waals surface area contributed by atoms with Crippen molar-refractivity contribution in [1.29, 1.82) is 5.26 Å². The van der Waals surface area contributed by atoms with Gasteiger partial charge in [-0.15, -0.1) is 0 Å². The molecule has 108 valence electrons. The molecule has 20 heavy (non-hydrogen) atoms. The molecule has 0 radical (unpaired) electrons. The fourth-order valence-corrected chi connectivity index (χ4v) is 3.08. The molecule has 0 aromatic heterocycles. The van der Waals surface area contributed by atoms with E-state index in [1.807, 2.05) is 13.0 Å². The Morgan fingerprint density at radius 1 is 1.45 bits per heavy atom. The Balaban J connectivity index is 2.08. The molecule has 1 aromatic rings. The van der Waals surface area contributed by atoms with E-state index in [0.29, 0.717) is 0 Å². The smallest absolute Gasteiger partial charge is 0.122 e. The van der Waals surface area contributed by atoms with Gasteiger partial charge < -0.3 is 4.74 Å². The van der Waals surface area contributed by atoms with Gasteiger partial charge in [0.1, 0.15) is 17.4 Å². The van der Waals surface area contributed by atoms with Crippen molar-refractivity contribution < 1.29 is 4.74 Å². The Morgan fingerprint density at radius 2 is 2.25 bits per heavy atom. The van der Waals surface area contributed by atoms with Gasteiger partial charge in [-0.05, 0) is 51.3 Å². The molecule has 1 fully saturated rings. The van der Waals surface area contributed by atoms with Crippen molar-refractivity contribution in [2.75, 3.05) is 6.54 Å². The number of nitrogens with one attached hydrogen (secondary N) is 1. The molecule has 1 aliphatic rings. The normalized spacial score (nSPS) is 26.0. The van der Waals surface area contributed by atoms with Crippen LogP contribution in [0.15, 0.2) is 18.2 Å². The second-order valence-corrected chi connectivity index (χ2v) is 5.83. The molecular formula is C17H24N2O. The fourth-order valence-electron chi connectivity index (χ4n) is 3.08. The van der Waals surface area contributed by atoms with Crippen LogP contribution in [0.5, 0.6) is 5.75 Å². The van der Waals surface area contributed by atoms with Crippen LogP contribution in [0.4, 0.5) is 0 Å². The average Bonchev–Trinajstić information content (AvgIpc) is 2.43. The van der Waals surface area contributed by atoms with Crippen LogP contribution in [0.25, 0.3) is 0 Å². The number of nitriles is 1. The second kappa shape index (κ2) is 6.28. The van der Waals surface area contributed by atoms with Crippen LogP contribution in [-0.2, 0) is 0 Å². The first-order valence-corrected chi connectivity index (χ1v) is 7.49. The van der Waals surface area contributed by atoms with Crippen molar-refractivity contribution in [2.45, 2.75) is 58.1 Å². The second-order valence-electron chi connectivity index (χ2n) is 5.83. The summed E-state index contributed by atoms with van der Waals surface area (Å²) in [7, 11) is 0. The fraction of sp³-hybridized carbons (Fsp3) is 0.588. The molecule has 0 heterocycles. The molecule has 2 unspecified atom stereocenters. The maximum atomic E-state index is 9.48. The Kier molecular flexibility index (Phi) is 4.67. The van der Waals surface area contributed by atoms with Gasteiger partial charge in [-0.2, -0.15) is 5.26 Å². The van der Waals surface area contributed by atoms with E-state index in [2.05, 4.69) is 37.4 Å². The summed E-state index contributed by atoms with van der Waals surface area (Å²) in [5, 5.41) is 12.8. The Bertz CT molecular complexity index is 502. The van der Waals surface area contributed by atoms with Gasteiger partial charge in [0.15, 0.2) is 0 Å². The predicted molar refractivity (Wildman–Crippen MR) is 80.8 cm³/mol. The predicted octanol–water partition coefficient (Wildman–Crippen LogP) is 3.50. The number of benzene rings is 1. The third-order valence-electron chi connectivity index (χ3n) is 4.06. The maximum Gasteiger partial charge on any atom is 0.122 e. The number of nitrogens with zero attached hydrogens (tertiary/aromatic N) is 1. The summed E-state index contributed by atoms with van der Waals surface area (Å²) in [4.78, 5) is 0. The summed E-state index contributed by atoms with van der Waals surface area (Å²) in [5.74, 6) is 0.950. The topological polar surface area (TPSA) is 45.0 Å². The summed E-state index contributed by atoms with van der Waals surface area (Å²) in [6.07, 6.45) is 3.89. The molecule has 3 nitrogen and oxygen atoms in total. The molecule has 0 spiro atoms. The molecule has 3 heteroatoms. The highest BCUT2D eigenvalue weighted by Gasteiger charge is 2.36. The van der Waals surface area contributed by atoms with Crippen molar-refractivity contribution >= 4 is 0 Å². The highest BCUT2D eigenvalue weighted by molar-refractivity contribution is 5.36. The van der Waals surface area contributed by atoms with E-state index < -0.39 is 5.54 Å². The van der Waals surface area contributed by atoms with Gasteiger partial charge in [-0.25, -0.2) is 0 Å². The molecular weight excluding hydrogens is 248 g/mol. The first-order chi connectivity index (χ1) is 9.58. The zero-order valence-corrected chi connectivity index (χ0v) is 12.7. The molecule has 0 bridgehead atoms. The van der Waals surface area contributed by atoms with E-state index in [9.17, 15) is 5.26 Å². The minimum atomic E-state index is -0.406. The van der Waals surface area contributed by atoms with E-state index in [-0.39, 0.29) is 6.10 Å². The third kappa shape index (κ3) is 3.32. The van der Waals surface area contributed by atoms with Crippen molar-refractivity contribution in [3.05, 3.63) is 29.3 Å². The average molecular weight is 272 g/mol. The number of hydrogen-bond acceptors (Lipinski definition) is 3. The van der Waals surface area contributed by atoms with E-state index in [4.69, 9.17) is 4.74 Å². The van der Waals surface area contributed by atoms with E-state index in [0.717, 1.165) is 38.0 Å². The van der Waals surface area contributed by atoms with Crippen molar-refractivity contribution in [1.82, 2.24) is 5.32 Å². The molecule has 0 aliphatic heterocycles. The largest absolute Gasteiger partial charge is 0.490 e. The molecule has 1 aromatic carbocycles. The molecule has 0 amide bonds. The lowest BCUT2D eigenvalue weighted by Gasteiger charge is -2.36. The standard InChI is InChI=1S/C17H24N2O/c1-4-19-17(12-18)9-5-6-15(11-17)20-16-8-7-13(2)10-14(16)3/h7-8,10,15,19H,4-6,9,11H2,1-3H3. The van der Waals surface area contributed by atoms with Gasteiger partial charge in [0.05, 0.1) is 6.07 Å². The summed E-state index contributed by atoms with van der Waals surface area (Å²) >= 11 is 0. The lowest BCUT2D eigenvalue weighted by atomic mass is 9.81. The third-order valence-corrected chi connectivity index (χ3v) is 4.06. The van der Waals surface area contributed by atoms with Gasteiger partial charge in [-0.1, -0.05) is 24.6 Å². The van der Waals surface area contributed by atoms with Crippen molar-refractivity contribution in [3.8, 4) is 11.8 Å². The van der Waals surface area contributed by atoms with Gasteiger partial charge >= 0.3 is 0 Å². The first kappa shape index (κ1) is 14.9.